The lowest BCUT2D eigenvalue weighted by atomic mass is 10.3. The summed E-state index contributed by atoms with van der Waals surface area (Å²) in [5, 5.41) is 0.684. The van der Waals surface area contributed by atoms with E-state index >= 15 is 0 Å². The predicted octanol–water partition coefficient (Wildman–Crippen LogP) is 3.34. The van der Waals surface area contributed by atoms with E-state index in [0.717, 1.165) is 29.8 Å². The molecule has 0 aliphatic heterocycles. The molecule has 0 aliphatic rings. The van der Waals surface area contributed by atoms with Crippen molar-refractivity contribution >= 4 is 28.6 Å². The van der Waals surface area contributed by atoms with Crippen LogP contribution in [0.3, 0.4) is 0 Å². The van der Waals surface area contributed by atoms with Crippen LogP contribution in [-0.2, 0) is 16.1 Å². The van der Waals surface area contributed by atoms with Gasteiger partial charge in [0.05, 0.1) is 17.6 Å². The molecule has 5 heteroatoms. The van der Waals surface area contributed by atoms with Crippen molar-refractivity contribution in [2.45, 2.75) is 33.2 Å². The Morgan fingerprint density at radius 1 is 1.47 bits per heavy atom. The molecule has 0 N–H and O–H groups in total. The number of imidazole rings is 1. The number of aromatic nitrogens is 2. The number of nitrogens with zero attached hydrogens (tertiary/aromatic N) is 2. The van der Waals surface area contributed by atoms with Crippen LogP contribution in [0.2, 0.25) is 5.02 Å². The summed E-state index contributed by atoms with van der Waals surface area (Å²) in [4.78, 5) is 15.8. The molecule has 0 unspecified atom stereocenters. The maximum Gasteiger partial charge on any atom is 0.305 e. The molecule has 4 nitrogen and oxygen atoms in total. The van der Waals surface area contributed by atoms with Crippen molar-refractivity contribution in [1.82, 2.24) is 9.55 Å². The van der Waals surface area contributed by atoms with Crippen molar-refractivity contribution in [1.29, 1.82) is 0 Å². The Labute approximate surface area is 117 Å². The molecule has 1 aromatic heterocycles. The molecule has 19 heavy (non-hydrogen) atoms. The van der Waals surface area contributed by atoms with Gasteiger partial charge in [-0.25, -0.2) is 4.98 Å². The van der Waals surface area contributed by atoms with E-state index in [1.54, 1.807) is 0 Å². The molecule has 0 bridgehead atoms. The number of esters is 1. The summed E-state index contributed by atoms with van der Waals surface area (Å²) in [6, 6.07) is 5.67. The van der Waals surface area contributed by atoms with Crippen molar-refractivity contribution in [3.05, 3.63) is 29.0 Å². The molecule has 2 aromatic rings. The van der Waals surface area contributed by atoms with Gasteiger partial charge in [-0.1, -0.05) is 11.6 Å². The third-order valence-electron chi connectivity index (χ3n) is 2.97. The molecule has 0 spiro atoms. The first-order valence-corrected chi connectivity index (χ1v) is 6.77. The molecular weight excluding hydrogens is 264 g/mol. The normalized spacial score (nSPS) is 10.9. The zero-order valence-corrected chi connectivity index (χ0v) is 11.9. The molecule has 0 fully saturated rings. The molecule has 1 heterocycles. The Balaban J connectivity index is 2.08. The van der Waals surface area contributed by atoms with E-state index in [0.29, 0.717) is 18.1 Å². The molecule has 0 atom stereocenters. The van der Waals surface area contributed by atoms with Gasteiger partial charge < -0.3 is 9.30 Å². The second kappa shape index (κ2) is 6.06. The van der Waals surface area contributed by atoms with Gasteiger partial charge in [0.2, 0.25) is 0 Å². The van der Waals surface area contributed by atoms with Crippen molar-refractivity contribution in [2.24, 2.45) is 0 Å². The number of rotatable bonds is 5. The van der Waals surface area contributed by atoms with Gasteiger partial charge >= 0.3 is 5.97 Å². The largest absolute Gasteiger partial charge is 0.466 e. The standard InChI is InChI=1S/C14H17ClN2O2/c1-3-19-14(18)5-4-8-17-10(2)16-12-9-11(15)6-7-13(12)17/h6-7,9H,3-5,8H2,1-2H3. The topological polar surface area (TPSA) is 44.1 Å². The quantitative estimate of drug-likeness (QED) is 0.789. The van der Waals surface area contributed by atoms with Gasteiger partial charge in [0.15, 0.2) is 0 Å². The van der Waals surface area contributed by atoms with Gasteiger partial charge in [0.1, 0.15) is 5.82 Å². The number of hydrogen-bond acceptors (Lipinski definition) is 3. The Hall–Kier alpha value is -1.55. The number of ether oxygens (including phenoxy) is 1. The second-order valence-corrected chi connectivity index (χ2v) is 4.79. The van der Waals surface area contributed by atoms with Gasteiger partial charge in [-0.05, 0) is 38.5 Å². The number of halogens is 1. The zero-order valence-electron chi connectivity index (χ0n) is 11.1. The van der Waals surface area contributed by atoms with E-state index in [-0.39, 0.29) is 5.97 Å². The van der Waals surface area contributed by atoms with E-state index in [1.807, 2.05) is 32.0 Å². The first-order chi connectivity index (χ1) is 9.11. The lowest BCUT2D eigenvalue weighted by Gasteiger charge is -2.06. The fourth-order valence-corrected chi connectivity index (χ4v) is 2.29. The number of hydrogen-bond donors (Lipinski definition) is 0. The Bertz CT molecular complexity index is 592. The summed E-state index contributed by atoms with van der Waals surface area (Å²) in [6.45, 7) is 4.96. The highest BCUT2D eigenvalue weighted by molar-refractivity contribution is 6.31. The highest BCUT2D eigenvalue weighted by Gasteiger charge is 2.08. The highest BCUT2D eigenvalue weighted by atomic mass is 35.5. The number of carbonyl (C=O) groups is 1. The van der Waals surface area contributed by atoms with Gasteiger partial charge in [0.25, 0.3) is 0 Å². The summed E-state index contributed by atoms with van der Waals surface area (Å²) in [6.07, 6.45) is 1.17. The van der Waals surface area contributed by atoms with E-state index in [4.69, 9.17) is 16.3 Å². The number of benzene rings is 1. The van der Waals surface area contributed by atoms with E-state index < -0.39 is 0 Å². The van der Waals surface area contributed by atoms with Crippen molar-refractivity contribution in [3.8, 4) is 0 Å². The fraction of sp³-hybridized carbons (Fsp3) is 0.429. The maximum absolute atomic E-state index is 11.3. The summed E-state index contributed by atoms with van der Waals surface area (Å²) in [5.41, 5.74) is 1.94. The van der Waals surface area contributed by atoms with E-state index in [1.165, 1.54) is 0 Å². The minimum Gasteiger partial charge on any atom is -0.466 e. The molecule has 0 saturated heterocycles. The first-order valence-electron chi connectivity index (χ1n) is 6.40. The van der Waals surface area contributed by atoms with Crippen LogP contribution in [0.5, 0.6) is 0 Å². The average Bonchev–Trinajstić information content (AvgIpc) is 2.65. The molecule has 102 valence electrons. The van der Waals surface area contributed by atoms with Crippen LogP contribution < -0.4 is 0 Å². The lowest BCUT2D eigenvalue weighted by Crippen LogP contribution is -2.07. The number of aryl methyl sites for hydroxylation is 2. The summed E-state index contributed by atoms with van der Waals surface area (Å²) in [5.74, 6) is 0.786. The lowest BCUT2D eigenvalue weighted by molar-refractivity contribution is -0.143. The highest BCUT2D eigenvalue weighted by Crippen LogP contribution is 2.20. The van der Waals surface area contributed by atoms with Gasteiger partial charge in [0, 0.05) is 18.0 Å². The van der Waals surface area contributed by atoms with E-state index in [9.17, 15) is 4.79 Å². The summed E-state index contributed by atoms with van der Waals surface area (Å²) >= 11 is 5.95. The van der Waals surface area contributed by atoms with Crippen molar-refractivity contribution in [3.63, 3.8) is 0 Å². The van der Waals surface area contributed by atoms with Crippen LogP contribution in [-0.4, -0.2) is 22.1 Å². The van der Waals surface area contributed by atoms with Crippen LogP contribution in [0.15, 0.2) is 18.2 Å². The van der Waals surface area contributed by atoms with Gasteiger partial charge in [-0.15, -0.1) is 0 Å². The number of carbonyl (C=O) groups excluding carboxylic acids is 1. The number of fused-ring (bicyclic) bond motifs is 1. The Kier molecular flexibility index (Phi) is 4.43. The smallest absolute Gasteiger partial charge is 0.305 e. The Morgan fingerprint density at radius 2 is 2.26 bits per heavy atom. The molecule has 0 saturated carbocycles. The third-order valence-corrected chi connectivity index (χ3v) is 3.20. The van der Waals surface area contributed by atoms with Crippen molar-refractivity contribution in [2.75, 3.05) is 6.61 Å². The first kappa shape index (κ1) is 13.9. The molecular formula is C14H17ClN2O2. The minimum atomic E-state index is -0.146. The molecule has 2 rings (SSSR count). The van der Waals surface area contributed by atoms with Crippen LogP contribution in [0, 0.1) is 6.92 Å². The summed E-state index contributed by atoms with van der Waals surface area (Å²) < 4.78 is 7.02. The predicted molar refractivity (Wildman–Crippen MR) is 75.3 cm³/mol. The molecule has 1 aromatic carbocycles. The van der Waals surface area contributed by atoms with E-state index in [2.05, 4.69) is 9.55 Å². The SMILES string of the molecule is CCOC(=O)CCCn1c(C)nc2cc(Cl)ccc21. The third kappa shape index (κ3) is 3.26. The van der Waals surface area contributed by atoms with Gasteiger partial charge in [-0.2, -0.15) is 0 Å². The molecule has 0 amide bonds. The maximum atomic E-state index is 11.3. The fourth-order valence-electron chi connectivity index (χ4n) is 2.12. The van der Waals surface area contributed by atoms with Crippen LogP contribution in [0.1, 0.15) is 25.6 Å². The van der Waals surface area contributed by atoms with Crippen LogP contribution >= 0.6 is 11.6 Å². The van der Waals surface area contributed by atoms with Gasteiger partial charge in [-0.3, -0.25) is 4.79 Å². The van der Waals surface area contributed by atoms with Crippen LogP contribution in [0.4, 0.5) is 0 Å². The second-order valence-electron chi connectivity index (χ2n) is 4.35. The molecule has 0 radical (unpaired) electrons. The van der Waals surface area contributed by atoms with Crippen molar-refractivity contribution < 1.29 is 9.53 Å². The molecule has 0 aliphatic carbocycles. The minimum absolute atomic E-state index is 0.146. The van der Waals surface area contributed by atoms with Crippen LogP contribution in [0.25, 0.3) is 11.0 Å². The average molecular weight is 281 g/mol. The summed E-state index contributed by atoms with van der Waals surface area (Å²) in [7, 11) is 0. The Morgan fingerprint density at radius 3 is 3.00 bits per heavy atom. The zero-order chi connectivity index (χ0) is 13.8. The monoisotopic (exact) mass is 280 g/mol.